The highest BCUT2D eigenvalue weighted by Crippen LogP contribution is 2.33. The number of fused-ring (bicyclic) bond motifs is 2. The third-order valence-electron chi connectivity index (χ3n) is 6.95. The molecule has 3 N–H and O–H groups in total. The van der Waals surface area contributed by atoms with Gasteiger partial charge in [0.05, 0.1) is 29.7 Å². The molecule has 9 nitrogen and oxygen atoms in total. The molecule has 0 spiro atoms. The van der Waals surface area contributed by atoms with E-state index in [0.29, 0.717) is 40.4 Å². The first-order valence-corrected chi connectivity index (χ1v) is 13.7. The quantitative estimate of drug-likeness (QED) is 0.216. The number of β-amino-alcohol motifs (C(OH)–C–C–N with tert-alkyl or cyclic N) is 1. The summed E-state index contributed by atoms with van der Waals surface area (Å²) in [6, 6.07) is 10.5. The average molecular weight is 579 g/mol. The molecule has 0 aliphatic carbocycles. The number of benzene rings is 2. The molecule has 1 aliphatic heterocycles. The van der Waals surface area contributed by atoms with Crippen molar-refractivity contribution in [1.29, 1.82) is 0 Å². The number of nitrogens with zero attached hydrogens (tertiary/aromatic N) is 6. The maximum absolute atomic E-state index is 15.5. The summed E-state index contributed by atoms with van der Waals surface area (Å²) < 4.78 is 48.9. The number of hydrogen-bond donors (Lipinski definition) is 3. The van der Waals surface area contributed by atoms with Gasteiger partial charge in [-0.25, -0.2) is 32.8 Å². The van der Waals surface area contributed by atoms with Gasteiger partial charge in [-0.05, 0) is 67.3 Å². The van der Waals surface area contributed by atoms with E-state index in [1.807, 2.05) is 6.20 Å². The lowest BCUT2D eigenvalue weighted by Crippen LogP contribution is -2.33. The van der Waals surface area contributed by atoms with Crippen LogP contribution in [0.5, 0.6) is 0 Å². The topological polar surface area (TPSA) is 104 Å². The fourth-order valence-corrected chi connectivity index (χ4v) is 5.47. The normalized spacial score (nSPS) is 13.4. The predicted molar refractivity (Wildman–Crippen MR) is 151 cm³/mol. The van der Waals surface area contributed by atoms with Crippen molar-refractivity contribution in [3.8, 4) is 5.82 Å². The Morgan fingerprint density at radius 3 is 2.78 bits per heavy atom. The van der Waals surface area contributed by atoms with Crippen LogP contribution in [-0.2, 0) is 13.0 Å². The van der Waals surface area contributed by atoms with Crippen molar-refractivity contribution in [3.63, 3.8) is 0 Å². The van der Waals surface area contributed by atoms with Crippen LogP contribution >= 0.6 is 11.9 Å². The lowest BCUT2D eigenvalue weighted by molar-refractivity contribution is 0.182. The highest BCUT2D eigenvalue weighted by atomic mass is 32.2. The van der Waals surface area contributed by atoms with Gasteiger partial charge in [0, 0.05) is 30.1 Å². The van der Waals surface area contributed by atoms with Crippen LogP contribution in [0.15, 0.2) is 59.9 Å². The fraction of sp³-hybridized carbons (Fsp3) is 0.214. The van der Waals surface area contributed by atoms with E-state index in [1.165, 1.54) is 18.5 Å². The fourth-order valence-electron chi connectivity index (χ4n) is 4.70. The van der Waals surface area contributed by atoms with Gasteiger partial charge in [0.1, 0.15) is 29.2 Å². The molecule has 0 fully saturated rings. The molecule has 1 aliphatic rings. The molecular weight excluding hydrogens is 553 g/mol. The molecular formula is C28H25F3N8OS. The number of hydrogen-bond acceptors (Lipinski definition) is 9. The first kappa shape index (κ1) is 27.0. The van der Waals surface area contributed by atoms with Gasteiger partial charge in [-0.2, -0.15) is 5.10 Å². The van der Waals surface area contributed by atoms with E-state index in [1.54, 1.807) is 35.9 Å². The van der Waals surface area contributed by atoms with Crippen molar-refractivity contribution < 1.29 is 18.3 Å². The molecule has 41 heavy (non-hydrogen) atoms. The minimum atomic E-state index is -0.875. The Labute approximate surface area is 237 Å². The Balaban J connectivity index is 1.31. The van der Waals surface area contributed by atoms with Crippen LogP contribution in [-0.4, -0.2) is 54.4 Å². The molecule has 0 unspecified atom stereocenters. The summed E-state index contributed by atoms with van der Waals surface area (Å²) in [5, 5.41) is 16.7. The van der Waals surface area contributed by atoms with Crippen LogP contribution in [0.25, 0.3) is 16.9 Å². The molecule has 0 saturated heterocycles. The van der Waals surface area contributed by atoms with Crippen molar-refractivity contribution in [1.82, 2.24) is 29.6 Å². The third-order valence-corrected chi connectivity index (χ3v) is 7.93. The van der Waals surface area contributed by atoms with Crippen LogP contribution in [0.1, 0.15) is 16.8 Å². The largest absolute Gasteiger partial charge is 0.395 e. The first-order chi connectivity index (χ1) is 19.9. The summed E-state index contributed by atoms with van der Waals surface area (Å²) in [6.07, 6.45) is 3.90. The average Bonchev–Trinajstić information content (AvgIpc) is 3.40. The van der Waals surface area contributed by atoms with E-state index in [2.05, 4.69) is 30.0 Å². The molecule has 0 saturated carbocycles. The zero-order valence-corrected chi connectivity index (χ0v) is 22.7. The summed E-state index contributed by atoms with van der Waals surface area (Å²) in [5.41, 5.74) is 2.84. The third kappa shape index (κ3) is 5.31. The number of aliphatic hydroxyl groups excluding tert-OH is 1. The summed E-state index contributed by atoms with van der Waals surface area (Å²) in [5.74, 6) is -1.46. The number of anilines is 3. The van der Waals surface area contributed by atoms with E-state index < -0.39 is 17.3 Å². The zero-order chi connectivity index (χ0) is 28.5. The van der Waals surface area contributed by atoms with Gasteiger partial charge in [-0.1, -0.05) is 6.07 Å². The Morgan fingerprint density at radius 2 is 1.93 bits per heavy atom. The second kappa shape index (κ2) is 11.4. The molecule has 0 amide bonds. The summed E-state index contributed by atoms with van der Waals surface area (Å²) in [4.78, 5) is 15.9. The van der Waals surface area contributed by atoms with Gasteiger partial charge in [0.2, 0.25) is 0 Å². The Morgan fingerprint density at radius 1 is 1.05 bits per heavy atom. The van der Waals surface area contributed by atoms with Gasteiger partial charge < -0.3 is 15.1 Å². The maximum atomic E-state index is 15.5. The van der Waals surface area contributed by atoms with Crippen molar-refractivity contribution in [2.45, 2.75) is 24.8 Å². The van der Waals surface area contributed by atoms with Crippen LogP contribution in [0, 0.1) is 24.4 Å². The smallest absolute Gasteiger partial charge is 0.173 e. The number of aromatic nitrogens is 5. The van der Waals surface area contributed by atoms with E-state index in [0.717, 1.165) is 42.2 Å². The Hall–Kier alpha value is -4.20. The number of halogens is 3. The first-order valence-electron chi connectivity index (χ1n) is 12.9. The van der Waals surface area contributed by atoms with Crippen molar-refractivity contribution >= 4 is 40.2 Å². The van der Waals surface area contributed by atoms with Gasteiger partial charge in [0.15, 0.2) is 17.5 Å². The molecule has 210 valence electrons. The van der Waals surface area contributed by atoms with Crippen molar-refractivity contribution in [2.24, 2.45) is 0 Å². The van der Waals surface area contributed by atoms with Crippen LogP contribution in [0.4, 0.5) is 30.4 Å². The Kier molecular flexibility index (Phi) is 7.47. The molecule has 4 heterocycles. The molecule has 0 bridgehead atoms. The van der Waals surface area contributed by atoms with Gasteiger partial charge in [0.25, 0.3) is 0 Å². The maximum Gasteiger partial charge on any atom is 0.173 e. The SMILES string of the molecule is Cc1c(F)cccc1SNc1ccc(F)c(Nc2ncnc3ccc(-n4ncc5c4CN(CCO)CC5)nc23)c1F. The van der Waals surface area contributed by atoms with E-state index in [4.69, 9.17) is 4.98 Å². The summed E-state index contributed by atoms with van der Waals surface area (Å²) in [7, 11) is 0. The van der Waals surface area contributed by atoms with Gasteiger partial charge >= 0.3 is 0 Å². The monoisotopic (exact) mass is 578 g/mol. The molecule has 6 rings (SSSR count). The predicted octanol–water partition coefficient (Wildman–Crippen LogP) is 5.15. The zero-order valence-electron chi connectivity index (χ0n) is 21.9. The lowest BCUT2D eigenvalue weighted by atomic mass is 10.1. The standard InChI is InChI=1S/C28H25F3N8OS/c1-16-18(29)3-2-4-23(16)41-37-20-6-5-19(30)26(25(20)31)36-28-27-21(32-15-33-28)7-8-24(35-27)39-22-14-38(11-12-40)10-9-17(22)13-34-39/h2-8,13,15,37,40H,9-12,14H2,1H3,(H,32,33,36). The van der Waals surface area contributed by atoms with Crippen LogP contribution in [0.3, 0.4) is 0 Å². The molecule has 3 aromatic heterocycles. The number of aliphatic hydroxyl groups is 1. The lowest BCUT2D eigenvalue weighted by Gasteiger charge is -2.26. The number of rotatable bonds is 8. The second-order valence-corrected chi connectivity index (χ2v) is 10.4. The summed E-state index contributed by atoms with van der Waals surface area (Å²) >= 11 is 1.02. The van der Waals surface area contributed by atoms with Crippen LogP contribution < -0.4 is 10.0 Å². The summed E-state index contributed by atoms with van der Waals surface area (Å²) in [6.45, 7) is 3.69. The van der Waals surface area contributed by atoms with Gasteiger partial charge in [-0.3, -0.25) is 4.90 Å². The number of pyridine rings is 1. The van der Waals surface area contributed by atoms with Crippen molar-refractivity contribution in [2.75, 3.05) is 29.7 Å². The van der Waals surface area contributed by atoms with E-state index >= 15 is 4.39 Å². The minimum absolute atomic E-state index is 0.00479. The molecule has 0 radical (unpaired) electrons. The van der Waals surface area contributed by atoms with Gasteiger partial charge in [-0.15, -0.1) is 0 Å². The van der Waals surface area contributed by atoms with Crippen molar-refractivity contribution in [3.05, 3.63) is 89.3 Å². The number of nitrogens with one attached hydrogen (secondary N) is 2. The second-order valence-electron chi connectivity index (χ2n) is 9.51. The van der Waals surface area contributed by atoms with Crippen LogP contribution in [0.2, 0.25) is 0 Å². The molecule has 5 aromatic rings. The molecule has 13 heteroatoms. The van der Waals surface area contributed by atoms with E-state index in [9.17, 15) is 13.9 Å². The highest BCUT2D eigenvalue weighted by molar-refractivity contribution is 8.00. The molecule has 0 atom stereocenters. The highest BCUT2D eigenvalue weighted by Gasteiger charge is 2.22. The minimum Gasteiger partial charge on any atom is -0.395 e. The molecule has 2 aromatic carbocycles. The Bertz CT molecular complexity index is 1750. The van der Waals surface area contributed by atoms with E-state index in [-0.39, 0.29) is 23.9 Å².